The van der Waals surface area contributed by atoms with Crippen molar-refractivity contribution < 1.29 is 14.3 Å². The number of hydrogen-bond donors (Lipinski definition) is 2. The number of likely N-dealkylation sites (tertiary alicyclic amines) is 1. The molecule has 0 spiro atoms. The van der Waals surface area contributed by atoms with Crippen LogP contribution in [0, 0.1) is 13.8 Å². The van der Waals surface area contributed by atoms with Crippen LogP contribution in [0.1, 0.15) is 48.9 Å². The molecule has 8 heteroatoms. The number of piperidine rings is 1. The molecule has 2 atom stereocenters. The number of nitrogens with one attached hydrogen (secondary N) is 2. The highest BCUT2D eigenvalue weighted by Gasteiger charge is 2.34. The van der Waals surface area contributed by atoms with Gasteiger partial charge in [0.15, 0.2) is 0 Å². The molecule has 1 aliphatic rings. The molecule has 1 aromatic heterocycles. The first-order valence-electron chi connectivity index (χ1n) is 8.69. The van der Waals surface area contributed by atoms with Gasteiger partial charge in [-0.15, -0.1) is 0 Å². The van der Waals surface area contributed by atoms with Crippen molar-refractivity contribution >= 4 is 35.4 Å². The average molecular weight is 402 g/mol. The summed E-state index contributed by atoms with van der Waals surface area (Å²) in [4.78, 5) is 29.7. The fourth-order valence-corrected chi connectivity index (χ4v) is 4.01. The molecule has 1 aromatic rings. The van der Waals surface area contributed by atoms with Gasteiger partial charge in [-0.1, -0.05) is 11.6 Å². The molecular formula is C18H28ClN3O3S. The summed E-state index contributed by atoms with van der Waals surface area (Å²) in [6.45, 7) is 10.3. The Morgan fingerprint density at radius 1 is 1.35 bits per heavy atom. The minimum absolute atomic E-state index is 0.0158. The van der Waals surface area contributed by atoms with Gasteiger partial charge in [0.1, 0.15) is 11.3 Å². The van der Waals surface area contributed by atoms with Crippen molar-refractivity contribution in [1.29, 1.82) is 0 Å². The first kappa shape index (κ1) is 21.0. The Hall–Kier alpha value is -1.34. The highest BCUT2D eigenvalue weighted by Crippen LogP contribution is 2.25. The molecule has 26 heavy (non-hydrogen) atoms. The van der Waals surface area contributed by atoms with Crippen molar-refractivity contribution in [3.05, 3.63) is 22.0 Å². The maximum atomic E-state index is 12.6. The summed E-state index contributed by atoms with van der Waals surface area (Å²) in [5.74, 6) is -0.160. The summed E-state index contributed by atoms with van der Waals surface area (Å²) in [6, 6.07) is -0.0158. The second kappa shape index (κ2) is 8.13. The number of ether oxygens (including phenoxy) is 1. The van der Waals surface area contributed by atoms with E-state index in [4.69, 9.17) is 16.3 Å². The molecule has 2 amide bonds. The SMILES string of the molecule is CS[C@H]1CN(C(=O)OC(C)(C)C)CCC1NC(=O)c1[nH]c(C)c(Cl)c1C. The molecule has 1 saturated heterocycles. The minimum atomic E-state index is -0.515. The second-order valence-corrected chi connectivity index (χ2v) is 9.09. The van der Waals surface area contributed by atoms with Crippen LogP contribution in [0.25, 0.3) is 0 Å². The van der Waals surface area contributed by atoms with Crippen molar-refractivity contribution in [2.45, 2.75) is 57.9 Å². The lowest BCUT2D eigenvalue weighted by atomic mass is 10.0. The van der Waals surface area contributed by atoms with Crippen LogP contribution in [-0.4, -0.2) is 58.1 Å². The highest BCUT2D eigenvalue weighted by atomic mass is 35.5. The van der Waals surface area contributed by atoms with Crippen LogP contribution in [0.15, 0.2) is 0 Å². The molecule has 6 nitrogen and oxygen atoms in total. The number of halogens is 1. The molecule has 1 fully saturated rings. The molecule has 0 saturated carbocycles. The molecule has 2 rings (SSSR count). The number of nitrogens with zero attached hydrogens (tertiary/aromatic N) is 1. The van der Waals surface area contributed by atoms with E-state index >= 15 is 0 Å². The molecule has 146 valence electrons. The fourth-order valence-electron chi connectivity index (χ4n) is 3.01. The van der Waals surface area contributed by atoms with Crippen LogP contribution >= 0.6 is 23.4 Å². The van der Waals surface area contributed by atoms with Crippen LogP contribution in [0.3, 0.4) is 0 Å². The first-order chi connectivity index (χ1) is 12.0. The molecule has 0 aliphatic carbocycles. The predicted octanol–water partition coefficient (Wildman–Crippen LogP) is 3.76. The maximum absolute atomic E-state index is 12.6. The van der Waals surface area contributed by atoms with Gasteiger partial charge in [0, 0.05) is 30.1 Å². The summed E-state index contributed by atoms with van der Waals surface area (Å²) < 4.78 is 5.46. The van der Waals surface area contributed by atoms with Crippen molar-refractivity contribution in [3.63, 3.8) is 0 Å². The van der Waals surface area contributed by atoms with Gasteiger partial charge in [-0.3, -0.25) is 4.79 Å². The average Bonchev–Trinajstić information content (AvgIpc) is 2.81. The number of aryl methyl sites for hydroxylation is 1. The van der Waals surface area contributed by atoms with E-state index in [2.05, 4.69) is 10.3 Å². The zero-order valence-electron chi connectivity index (χ0n) is 16.2. The Morgan fingerprint density at radius 2 is 2.00 bits per heavy atom. The van der Waals surface area contributed by atoms with Crippen LogP contribution < -0.4 is 5.32 Å². The second-order valence-electron chi connectivity index (χ2n) is 7.63. The van der Waals surface area contributed by atoms with Crippen molar-refractivity contribution in [2.24, 2.45) is 0 Å². The third-order valence-electron chi connectivity index (χ3n) is 4.40. The molecule has 1 unspecified atom stereocenters. The Balaban J connectivity index is 2.02. The fraction of sp³-hybridized carbons (Fsp3) is 0.667. The standard InChI is InChI=1S/C18H28ClN3O3S/c1-10-14(19)11(2)20-15(10)16(23)21-12-7-8-22(9-13(12)26-6)17(24)25-18(3,4)5/h12-13,20H,7-9H2,1-6H3,(H,21,23)/t12?,13-/m0/s1. The number of carbonyl (C=O) groups is 2. The van der Waals surface area contributed by atoms with Gasteiger partial charge in [-0.25, -0.2) is 4.79 Å². The summed E-state index contributed by atoms with van der Waals surface area (Å²) in [5.41, 5.74) is 1.53. The van der Waals surface area contributed by atoms with Crippen molar-refractivity contribution in [2.75, 3.05) is 19.3 Å². The number of H-pyrrole nitrogens is 1. The summed E-state index contributed by atoms with van der Waals surface area (Å²) >= 11 is 7.82. The quantitative estimate of drug-likeness (QED) is 0.808. The Morgan fingerprint density at radius 3 is 2.50 bits per heavy atom. The van der Waals surface area contributed by atoms with Crippen molar-refractivity contribution in [3.8, 4) is 0 Å². The molecule has 2 heterocycles. The first-order valence-corrected chi connectivity index (χ1v) is 10.4. The Kier molecular flexibility index (Phi) is 6.55. The number of rotatable bonds is 3. The van der Waals surface area contributed by atoms with E-state index in [1.165, 1.54) is 0 Å². The van der Waals surface area contributed by atoms with E-state index in [0.717, 1.165) is 11.3 Å². The van der Waals surface area contributed by atoms with Gasteiger partial charge in [-0.05, 0) is 52.9 Å². The third kappa shape index (κ3) is 4.88. The van der Waals surface area contributed by atoms with Gasteiger partial charge in [0.2, 0.25) is 0 Å². The van der Waals surface area contributed by atoms with Crippen LogP contribution in [0.2, 0.25) is 5.02 Å². The van der Waals surface area contributed by atoms with Crippen LogP contribution in [-0.2, 0) is 4.74 Å². The van der Waals surface area contributed by atoms with E-state index in [9.17, 15) is 9.59 Å². The zero-order chi connectivity index (χ0) is 19.6. The molecule has 0 radical (unpaired) electrons. The topological polar surface area (TPSA) is 74.4 Å². The monoisotopic (exact) mass is 401 g/mol. The minimum Gasteiger partial charge on any atom is -0.444 e. The Bertz CT molecular complexity index is 684. The van der Waals surface area contributed by atoms with E-state index < -0.39 is 5.60 Å². The predicted molar refractivity (Wildman–Crippen MR) is 106 cm³/mol. The molecule has 0 aromatic carbocycles. The van der Waals surface area contributed by atoms with Gasteiger partial charge >= 0.3 is 6.09 Å². The number of hydrogen-bond acceptors (Lipinski definition) is 4. The summed E-state index contributed by atoms with van der Waals surface area (Å²) in [5, 5.41) is 3.79. The highest BCUT2D eigenvalue weighted by molar-refractivity contribution is 7.99. The van der Waals surface area contributed by atoms with E-state index in [0.29, 0.717) is 30.2 Å². The molecule has 1 aliphatic heterocycles. The van der Waals surface area contributed by atoms with Gasteiger partial charge in [-0.2, -0.15) is 11.8 Å². The van der Waals surface area contributed by atoms with Crippen LogP contribution in [0.5, 0.6) is 0 Å². The van der Waals surface area contributed by atoms with Gasteiger partial charge < -0.3 is 19.9 Å². The summed E-state index contributed by atoms with van der Waals surface area (Å²) in [6.07, 6.45) is 2.37. The van der Waals surface area contributed by atoms with E-state index in [1.807, 2.05) is 40.9 Å². The molecular weight excluding hydrogens is 374 g/mol. The number of thioether (sulfide) groups is 1. The Labute approximate surface area is 164 Å². The number of aromatic amines is 1. The zero-order valence-corrected chi connectivity index (χ0v) is 17.8. The number of aromatic nitrogens is 1. The smallest absolute Gasteiger partial charge is 0.410 e. The number of carbonyl (C=O) groups excluding carboxylic acids is 2. The largest absolute Gasteiger partial charge is 0.444 e. The normalized spacial score (nSPS) is 20.8. The number of amides is 2. The van der Waals surface area contributed by atoms with Crippen LogP contribution in [0.4, 0.5) is 4.79 Å². The summed E-state index contributed by atoms with van der Waals surface area (Å²) in [7, 11) is 0. The maximum Gasteiger partial charge on any atom is 0.410 e. The van der Waals surface area contributed by atoms with Gasteiger partial charge in [0.05, 0.1) is 5.02 Å². The lowest BCUT2D eigenvalue weighted by Gasteiger charge is -2.38. The van der Waals surface area contributed by atoms with E-state index in [1.54, 1.807) is 16.7 Å². The van der Waals surface area contributed by atoms with Crippen molar-refractivity contribution in [1.82, 2.24) is 15.2 Å². The molecule has 0 bridgehead atoms. The molecule has 2 N–H and O–H groups in total. The van der Waals surface area contributed by atoms with E-state index in [-0.39, 0.29) is 23.3 Å². The van der Waals surface area contributed by atoms with Gasteiger partial charge in [0.25, 0.3) is 5.91 Å². The third-order valence-corrected chi connectivity index (χ3v) is 6.05. The lowest BCUT2D eigenvalue weighted by Crippen LogP contribution is -2.54. The lowest BCUT2D eigenvalue weighted by molar-refractivity contribution is 0.0205.